The van der Waals surface area contributed by atoms with E-state index in [1.165, 1.54) is 0 Å². The van der Waals surface area contributed by atoms with Gasteiger partial charge in [-0.2, -0.15) is 0 Å². The molecule has 138 valence electrons. The Balaban J connectivity index is 2.29. The molecule has 1 saturated heterocycles. The summed E-state index contributed by atoms with van der Waals surface area (Å²) < 4.78 is 17.7. The lowest BCUT2D eigenvalue weighted by molar-refractivity contribution is 0.00578. The summed E-state index contributed by atoms with van der Waals surface area (Å²) in [5.41, 5.74) is 0.497. The second kappa shape index (κ2) is 6.65. The number of rotatable bonds is 3. The van der Waals surface area contributed by atoms with E-state index in [0.717, 1.165) is 11.1 Å². The SMILES string of the molecule is Cc1cccc([C@@H](NC(=O)OC(C)(C)C)B2OC(C)(C)C(C)(C)O2)c1. The van der Waals surface area contributed by atoms with Crippen molar-refractivity contribution >= 4 is 13.2 Å². The van der Waals surface area contributed by atoms with Crippen LogP contribution in [-0.4, -0.2) is 30.0 Å². The molecule has 25 heavy (non-hydrogen) atoms. The Morgan fingerprint density at radius 2 is 1.72 bits per heavy atom. The summed E-state index contributed by atoms with van der Waals surface area (Å²) in [4.78, 5) is 12.4. The van der Waals surface area contributed by atoms with Gasteiger partial charge >= 0.3 is 13.2 Å². The number of carbonyl (C=O) groups excluding carboxylic acids is 1. The summed E-state index contributed by atoms with van der Waals surface area (Å²) in [5, 5.41) is 2.92. The normalized spacial score (nSPS) is 20.2. The molecule has 1 aromatic rings. The third kappa shape index (κ3) is 4.76. The molecule has 1 atom stereocenters. The first kappa shape index (κ1) is 19.8. The summed E-state index contributed by atoms with van der Waals surface area (Å²) in [6.07, 6.45) is -0.492. The van der Waals surface area contributed by atoms with Crippen molar-refractivity contribution in [3.63, 3.8) is 0 Å². The minimum absolute atomic E-state index is 0.462. The van der Waals surface area contributed by atoms with E-state index in [9.17, 15) is 4.79 Å². The van der Waals surface area contributed by atoms with E-state index in [0.29, 0.717) is 0 Å². The van der Waals surface area contributed by atoms with Crippen LogP contribution in [0.1, 0.15) is 65.5 Å². The maximum atomic E-state index is 12.4. The van der Waals surface area contributed by atoms with E-state index in [1.807, 2.05) is 79.7 Å². The second-order valence-corrected chi connectivity index (χ2v) is 8.66. The van der Waals surface area contributed by atoms with Gasteiger partial charge in [0.15, 0.2) is 0 Å². The lowest BCUT2D eigenvalue weighted by atomic mass is 9.74. The molecule has 1 amide bonds. The molecule has 1 heterocycles. The molecule has 2 rings (SSSR count). The average Bonchev–Trinajstić information content (AvgIpc) is 2.62. The number of benzene rings is 1. The molecule has 0 saturated carbocycles. The largest absolute Gasteiger partial charge is 0.486 e. The van der Waals surface area contributed by atoms with Gasteiger partial charge in [-0.1, -0.05) is 29.8 Å². The fraction of sp³-hybridized carbons (Fsp3) is 0.632. The lowest BCUT2D eigenvalue weighted by Gasteiger charge is -2.32. The Kier molecular flexibility index (Phi) is 5.27. The summed E-state index contributed by atoms with van der Waals surface area (Å²) in [5.74, 6) is -0.462. The van der Waals surface area contributed by atoms with Gasteiger partial charge in [-0.3, -0.25) is 0 Å². The maximum Gasteiger partial charge on any atom is 0.486 e. The molecule has 1 aliphatic heterocycles. The highest BCUT2D eigenvalue weighted by molar-refractivity contribution is 6.47. The summed E-state index contributed by atoms with van der Waals surface area (Å²) >= 11 is 0. The smallest absolute Gasteiger partial charge is 0.444 e. The molecule has 1 fully saturated rings. The van der Waals surface area contributed by atoms with Crippen LogP contribution in [0.15, 0.2) is 24.3 Å². The molecule has 5 nitrogen and oxygen atoms in total. The molecule has 0 aromatic heterocycles. The zero-order valence-corrected chi connectivity index (χ0v) is 16.6. The number of amides is 1. The predicted octanol–water partition coefficient (Wildman–Crippen LogP) is 4.19. The lowest BCUT2D eigenvalue weighted by Crippen LogP contribution is -2.43. The van der Waals surface area contributed by atoms with Crippen molar-refractivity contribution in [3.05, 3.63) is 35.4 Å². The van der Waals surface area contributed by atoms with Crippen molar-refractivity contribution in [3.8, 4) is 0 Å². The van der Waals surface area contributed by atoms with E-state index in [-0.39, 0.29) is 0 Å². The Bertz CT molecular complexity index is 621. The average molecular weight is 347 g/mol. The van der Waals surface area contributed by atoms with Crippen molar-refractivity contribution < 1.29 is 18.8 Å². The van der Waals surface area contributed by atoms with Crippen LogP contribution >= 0.6 is 0 Å². The quantitative estimate of drug-likeness (QED) is 0.833. The first-order valence-corrected chi connectivity index (χ1v) is 8.72. The molecule has 0 spiro atoms. The van der Waals surface area contributed by atoms with Gasteiger partial charge in [0.1, 0.15) is 5.60 Å². The highest BCUT2D eigenvalue weighted by Gasteiger charge is 2.54. The number of aryl methyl sites for hydroxylation is 1. The van der Waals surface area contributed by atoms with Crippen LogP contribution < -0.4 is 5.32 Å². The third-order valence-electron chi connectivity index (χ3n) is 4.62. The molecule has 1 aromatic carbocycles. The summed E-state index contributed by atoms with van der Waals surface area (Å²) in [6, 6.07) is 7.95. The zero-order chi connectivity index (χ0) is 19.0. The standard InChI is InChI=1S/C19H30BNO4/c1-13-10-9-11-14(12-13)15(21-16(22)23-17(2,3)4)20-24-18(5,6)19(7,8)25-20/h9-12,15H,1-8H3,(H,21,22)/t15-/m1/s1. The highest BCUT2D eigenvalue weighted by atomic mass is 16.7. The molecule has 0 unspecified atom stereocenters. The molecule has 0 radical (unpaired) electrons. The van der Waals surface area contributed by atoms with Crippen molar-refractivity contribution in [1.82, 2.24) is 5.32 Å². The van der Waals surface area contributed by atoms with Gasteiger partial charge in [0, 0.05) is 0 Å². The number of hydrogen-bond donors (Lipinski definition) is 1. The van der Waals surface area contributed by atoms with Gasteiger partial charge < -0.3 is 19.4 Å². The van der Waals surface area contributed by atoms with Crippen molar-refractivity contribution in [2.75, 3.05) is 0 Å². The minimum Gasteiger partial charge on any atom is -0.444 e. The number of hydrogen-bond acceptors (Lipinski definition) is 4. The molecule has 1 aliphatic rings. The highest BCUT2D eigenvalue weighted by Crippen LogP contribution is 2.40. The van der Waals surface area contributed by atoms with Gasteiger partial charge in [-0.25, -0.2) is 4.79 Å². The Hall–Kier alpha value is -1.53. The van der Waals surface area contributed by atoms with E-state index in [1.54, 1.807) is 0 Å². The fourth-order valence-corrected chi connectivity index (χ4v) is 2.63. The van der Waals surface area contributed by atoms with Gasteiger partial charge in [0.2, 0.25) is 0 Å². The van der Waals surface area contributed by atoms with E-state index >= 15 is 0 Å². The number of ether oxygens (including phenoxy) is 1. The van der Waals surface area contributed by atoms with Crippen LogP contribution in [0.5, 0.6) is 0 Å². The maximum absolute atomic E-state index is 12.4. The first-order valence-electron chi connectivity index (χ1n) is 8.72. The van der Waals surface area contributed by atoms with Gasteiger partial charge in [0.05, 0.1) is 17.1 Å². The Morgan fingerprint density at radius 3 is 2.20 bits per heavy atom. The molecular weight excluding hydrogens is 317 g/mol. The van der Waals surface area contributed by atoms with E-state index in [2.05, 4.69) is 5.32 Å². The summed E-state index contributed by atoms with van der Waals surface area (Å²) in [7, 11) is -0.598. The minimum atomic E-state index is -0.598. The number of nitrogens with one attached hydrogen (secondary N) is 1. The van der Waals surface area contributed by atoms with E-state index in [4.69, 9.17) is 14.0 Å². The monoisotopic (exact) mass is 347 g/mol. The van der Waals surface area contributed by atoms with Gasteiger partial charge in [-0.05, 0) is 61.0 Å². The zero-order valence-electron chi connectivity index (χ0n) is 16.6. The number of alkyl carbamates (subject to hydrolysis) is 1. The molecule has 1 N–H and O–H groups in total. The number of carbonyl (C=O) groups is 1. The molecule has 6 heteroatoms. The second-order valence-electron chi connectivity index (χ2n) is 8.66. The predicted molar refractivity (Wildman–Crippen MR) is 99.4 cm³/mol. The topological polar surface area (TPSA) is 56.8 Å². The molecular formula is C19H30BNO4. The Morgan fingerprint density at radius 1 is 1.16 bits per heavy atom. The van der Waals surface area contributed by atoms with Crippen LogP contribution in [0.3, 0.4) is 0 Å². The Labute approximate surface area is 151 Å². The van der Waals surface area contributed by atoms with Gasteiger partial charge in [0.25, 0.3) is 0 Å². The third-order valence-corrected chi connectivity index (χ3v) is 4.62. The van der Waals surface area contributed by atoms with Crippen molar-refractivity contribution in [2.45, 2.75) is 78.1 Å². The van der Waals surface area contributed by atoms with E-state index < -0.39 is 36.0 Å². The first-order chi connectivity index (χ1) is 11.3. The van der Waals surface area contributed by atoms with Crippen LogP contribution in [0.4, 0.5) is 4.79 Å². The summed E-state index contributed by atoms with van der Waals surface area (Å²) in [6.45, 7) is 15.5. The van der Waals surface area contributed by atoms with Crippen LogP contribution in [0.2, 0.25) is 0 Å². The van der Waals surface area contributed by atoms with Gasteiger partial charge in [-0.15, -0.1) is 0 Å². The van der Waals surface area contributed by atoms with Crippen molar-refractivity contribution in [2.24, 2.45) is 0 Å². The molecule has 0 aliphatic carbocycles. The van der Waals surface area contributed by atoms with Crippen molar-refractivity contribution in [1.29, 1.82) is 0 Å². The van der Waals surface area contributed by atoms with Crippen LogP contribution in [-0.2, 0) is 14.0 Å². The fourth-order valence-electron chi connectivity index (χ4n) is 2.63. The van der Waals surface area contributed by atoms with Crippen LogP contribution in [0, 0.1) is 6.92 Å². The molecule has 0 bridgehead atoms. The van der Waals surface area contributed by atoms with Crippen LogP contribution in [0.25, 0.3) is 0 Å².